The molecule has 1 aromatic rings. The van der Waals surface area contributed by atoms with E-state index in [9.17, 15) is 14.9 Å². The number of hydrogen-bond donors (Lipinski definition) is 3. The Labute approximate surface area is 103 Å². The van der Waals surface area contributed by atoms with Crippen molar-refractivity contribution in [1.82, 2.24) is 0 Å². The molecule has 0 unspecified atom stereocenters. The molecule has 0 atom stereocenters. The van der Waals surface area contributed by atoms with Crippen LogP contribution in [0.5, 0.6) is 0 Å². The molecule has 0 bridgehead atoms. The van der Waals surface area contributed by atoms with E-state index in [2.05, 4.69) is 10.6 Å². The number of carbonyl (C=O) groups is 1. The van der Waals surface area contributed by atoms with Gasteiger partial charge in [0.1, 0.15) is 5.69 Å². The molecule has 0 spiro atoms. The fourth-order valence-electron chi connectivity index (χ4n) is 1.86. The zero-order valence-corrected chi connectivity index (χ0v) is 9.60. The molecule has 1 aliphatic rings. The lowest BCUT2D eigenvalue weighted by molar-refractivity contribution is -0.384. The van der Waals surface area contributed by atoms with Crippen molar-refractivity contribution < 1.29 is 14.8 Å². The number of nitro benzene ring substituents is 1. The highest BCUT2D eigenvalue weighted by molar-refractivity contribution is 6.00. The SMILES string of the molecule is O=C1Cc2cc([N+](=O)[O-])c(NCCCO)cc2N1. The molecule has 3 N–H and O–H groups in total. The smallest absolute Gasteiger partial charge is 0.292 e. The minimum absolute atomic E-state index is 0.0163. The Morgan fingerprint density at radius 1 is 1.50 bits per heavy atom. The van der Waals surface area contributed by atoms with Gasteiger partial charge >= 0.3 is 0 Å². The highest BCUT2D eigenvalue weighted by Gasteiger charge is 2.24. The minimum atomic E-state index is -0.482. The molecule has 0 saturated carbocycles. The third-order valence-corrected chi connectivity index (χ3v) is 2.69. The summed E-state index contributed by atoms with van der Waals surface area (Å²) in [4.78, 5) is 21.7. The predicted octanol–water partition coefficient (Wildman–Crippen LogP) is 0.884. The number of fused-ring (bicyclic) bond motifs is 1. The molecule has 96 valence electrons. The molecule has 2 rings (SSSR count). The quantitative estimate of drug-likeness (QED) is 0.409. The van der Waals surface area contributed by atoms with Gasteiger partial charge in [0.15, 0.2) is 0 Å². The fourth-order valence-corrected chi connectivity index (χ4v) is 1.86. The van der Waals surface area contributed by atoms with Crippen molar-refractivity contribution in [1.29, 1.82) is 0 Å². The highest BCUT2D eigenvalue weighted by Crippen LogP contribution is 2.34. The summed E-state index contributed by atoms with van der Waals surface area (Å²) in [6.45, 7) is 0.451. The predicted molar refractivity (Wildman–Crippen MR) is 65.6 cm³/mol. The van der Waals surface area contributed by atoms with Gasteiger partial charge in [-0.15, -0.1) is 0 Å². The average molecular weight is 251 g/mol. The van der Waals surface area contributed by atoms with Crippen LogP contribution in [0.1, 0.15) is 12.0 Å². The maximum Gasteiger partial charge on any atom is 0.292 e. The zero-order chi connectivity index (χ0) is 13.1. The van der Waals surface area contributed by atoms with Crippen LogP contribution in [0.15, 0.2) is 12.1 Å². The number of carbonyl (C=O) groups excluding carboxylic acids is 1. The Bertz CT molecular complexity index is 501. The van der Waals surface area contributed by atoms with Crippen LogP contribution in [0.4, 0.5) is 17.1 Å². The van der Waals surface area contributed by atoms with Gasteiger partial charge in [0.2, 0.25) is 5.91 Å². The van der Waals surface area contributed by atoms with Crippen LogP contribution in [0.3, 0.4) is 0 Å². The Kier molecular flexibility index (Phi) is 3.42. The lowest BCUT2D eigenvalue weighted by atomic mass is 10.1. The van der Waals surface area contributed by atoms with Gasteiger partial charge in [-0.05, 0) is 18.1 Å². The first-order valence-electron chi connectivity index (χ1n) is 5.57. The third-order valence-electron chi connectivity index (χ3n) is 2.69. The third kappa shape index (κ3) is 2.40. The highest BCUT2D eigenvalue weighted by atomic mass is 16.6. The van der Waals surface area contributed by atoms with Crippen molar-refractivity contribution in [2.24, 2.45) is 0 Å². The lowest BCUT2D eigenvalue weighted by Crippen LogP contribution is -2.06. The first-order valence-corrected chi connectivity index (χ1v) is 5.57. The summed E-state index contributed by atoms with van der Waals surface area (Å²) in [5.74, 6) is -0.160. The maximum absolute atomic E-state index is 11.2. The second-order valence-electron chi connectivity index (χ2n) is 4.01. The number of nitro groups is 1. The summed E-state index contributed by atoms with van der Waals surface area (Å²) in [5.41, 5.74) is 1.55. The lowest BCUT2D eigenvalue weighted by Gasteiger charge is -2.08. The number of rotatable bonds is 5. The summed E-state index contributed by atoms with van der Waals surface area (Å²) in [7, 11) is 0. The van der Waals surface area contributed by atoms with E-state index in [0.29, 0.717) is 29.9 Å². The first-order chi connectivity index (χ1) is 8.61. The number of amides is 1. The number of aliphatic hydroxyl groups is 1. The second-order valence-corrected chi connectivity index (χ2v) is 4.01. The van der Waals surface area contributed by atoms with E-state index in [1.165, 1.54) is 6.07 Å². The van der Waals surface area contributed by atoms with Crippen molar-refractivity contribution in [2.75, 3.05) is 23.8 Å². The molecule has 7 heteroatoms. The van der Waals surface area contributed by atoms with Gasteiger partial charge in [-0.25, -0.2) is 0 Å². The fraction of sp³-hybridized carbons (Fsp3) is 0.364. The summed E-state index contributed by atoms with van der Waals surface area (Å²) >= 11 is 0. The molecule has 1 aromatic carbocycles. The number of benzene rings is 1. The van der Waals surface area contributed by atoms with Crippen LogP contribution in [0, 0.1) is 10.1 Å². The van der Waals surface area contributed by atoms with E-state index >= 15 is 0 Å². The van der Waals surface area contributed by atoms with Crippen LogP contribution in [0.2, 0.25) is 0 Å². The van der Waals surface area contributed by atoms with E-state index < -0.39 is 4.92 Å². The van der Waals surface area contributed by atoms with E-state index in [0.717, 1.165) is 0 Å². The molecular formula is C11H13N3O4. The summed E-state index contributed by atoms with van der Waals surface area (Å²) in [6, 6.07) is 2.98. The topological polar surface area (TPSA) is 104 Å². The Hall–Kier alpha value is -2.15. The number of anilines is 2. The summed E-state index contributed by atoms with van der Waals surface area (Å²) < 4.78 is 0. The van der Waals surface area contributed by atoms with Crippen molar-refractivity contribution in [3.05, 3.63) is 27.8 Å². The van der Waals surface area contributed by atoms with E-state index in [4.69, 9.17) is 5.11 Å². The number of nitrogens with one attached hydrogen (secondary N) is 2. The number of aliphatic hydroxyl groups excluding tert-OH is 1. The van der Waals surface area contributed by atoms with Gasteiger partial charge < -0.3 is 15.7 Å². The van der Waals surface area contributed by atoms with Crippen molar-refractivity contribution >= 4 is 23.0 Å². The monoisotopic (exact) mass is 251 g/mol. The van der Waals surface area contributed by atoms with Gasteiger partial charge in [0.25, 0.3) is 5.69 Å². The van der Waals surface area contributed by atoms with E-state index in [-0.39, 0.29) is 24.6 Å². The largest absolute Gasteiger partial charge is 0.396 e. The average Bonchev–Trinajstić information content (AvgIpc) is 2.67. The van der Waals surface area contributed by atoms with Gasteiger partial charge in [0, 0.05) is 24.9 Å². The van der Waals surface area contributed by atoms with Crippen LogP contribution < -0.4 is 10.6 Å². The molecule has 1 amide bonds. The molecule has 0 radical (unpaired) electrons. The minimum Gasteiger partial charge on any atom is -0.396 e. The molecule has 0 aromatic heterocycles. The van der Waals surface area contributed by atoms with E-state index in [1.54, 1.807) is 6.07 Å². The van der Waals surface area contributed by atoms with Gasteiger partial charge in [-0.3, -0.25) is 14.9 Å². The van der Waals surface area contributed by atoms with Gasteiger partial charge in [-0.1, -0.05) is 0 Å². The normalized spacial score (nSPS) is 13.1. The molecule has 0 saturated heterocycles. The van der Waals surface area contributed by atoms with E-state index in [1.807, 2.05) is 0 Å². The van der Waals surface area contributed by atoms with Gasteiger partial charge in [-0.2, -0.15) is 0 Å². The van der Waals surface area contributed by atoms with Crippen molar-refractivity contribution in [2.45, 2.75) is 12.8 Å². The zero-order valence-electron chi connectivity index (χ0n) is 9.60. The molecule has 1 aliphatic heterocycles. The molecular weight excluding hydrogens is 238 g/mol. The van der Waals surface area contributed by atoms with Crippen LogP contribution in [-0.4, -0.2) is 29.1 Å². The van der Waals surface area contributed by atoms with Crippen LogP contribution in [-0.2, 0) is 11.2 Å². The standard InChI is InChI=1S/C11H13N3O4/c15-3-1-2-12-9-6-8-7(5-11(16)13-8)4-10(9)14(17)18/h4,6,12,15H,1-3,5H2,(H,13,16). The second kappa shape index (κ2) is 5.01. The number of nitrogens with zero attached hydrogens (tertiary/aromatic N) is 1. The maximum atomic E-state index is 11.2. The number of hydrogen-bond acceptors (Lipinski definition) is 5. The van der Waals surface area contributed by atoms with Crippen molar-refractivity contribution in [3.63, 3.8) is 0 Å². The molecule has 0 fully saturated rings. The molecule has 18 heavy (non-hydrogen) atoms. The van der Waals surface area contributed by atoms with Crippen LogP contribution in [0.25, 0.3) is 0 Å². The Morgan fingerprint density at radius 2 is 2.28 bits per heavy atom. The molecule has 7 nitrogen and oxygen atoms in total. The molecule has 0 aliphatic carbocycles. The van der Waals surface area contributed by atoms with Crippen LogP contribution >= 0.6 is 0 Å². The van der Waals surface area contributed by atoms with Gasteiger partial charge in [0.05, 0.1) is 11.3 Å². The Balaban J connectivity index is 2.29. The van der Waals surface area contributed by atoms with Crippen molar-refractivity contribution in [3.8, 4) is 0 Å². The first kappa shape index (κ1) is 12.3. The Morgan fingerprint density at radius 3 is 2.94 bits per heavy atom. The molecule has 1 heterocycles. The summed E-state index contributed by atoms with van der Waals surface area (Å²) in [5, 5.41) is 25.2. The summed E-state index contributed by atoms with van der Waals surface area (Å²) in [6.07, 6.45) is 0.674.